The number of hydrogen-bond donors (Lipinski definition) is 0. The van der Waals surface area contributed by atoms with Crippen molar-refractivity contribution < 1.29 is 0 Å². The predicted octanol–water partition coefficient (Wildman–Crippen LogP) is 30.0. The van der Waals surface area contributed by atoms with E-state index in [-0.39, 0.29) is 39.2 Å². The molecule has 0 saturated heterocycles. The van der Waals surface area contributed by atoms with Crippen molar-refractivity contribution in [1.82, 2.24) is 4.57 Å². The summed E-state index contributed by atoms with van der Waals surface area (Å²) in [6, 6.07) is 119. The molecule has 0 N–H and O–H groups in total. The van der Waals surface area contributed by atoms with Gasteiger partial charge in [-0.2, -0.15) is 0 Å². The first-order chi connectivity index (χ1) is 57.3. The molecule has 0 fully saturated rings. The van der Waals surface area contributed by atoms with Crippen molar-refractivity contribution in [2.75, 3.05) is 9.80 Å². The van der Waals surface area contributed by atoms with Crippen LogP contribution in [0.15, 0.2) is 303 Å². The Labute approximate surface area is 713 Å². The Morgan fingerprint density at radius 3 is 1.21 bits per heavy atom. The Morgan fingerprint density at radius 1 is 0.250 bits per heavy atom. The quantitative estimate of drug-likeness (QED) is 0.147. The number of benzene rings is 15. The number of hydrogen-bond acceptors (Lipinski definition) is 3. The van der Waals surface area contributed by atoms with E-state index in [1.165, 1.54) is 204 Å². The minimum absolute atomic E-state index is 0.0600. The summed E-state index contributed by atoms with van der Waals surface area (Å²) in [4.78, 5) is 5.51. The van der Waals surface area contributed by atoms with E-state index in [1.54, 1.807) is 0 Å². The Balaban J connectivity index is 0.874. The van der Waals surface area contributed by atoms with E-state index in [0.29, 0.717) is 0 Å². The molecule has 17 aromatic rings. The standard InChI is InChI=1S/C115H104BN3S/c1-109(2,3)74-49-55-98-90(62-74)91-63-75(110(4,5)6)50-56-99(91)117(98)80-51-54-97-102(68-80)118(100-46-32-42-87-86-41-31-40-81(107(86)120-108(87)100)72-47-52-85-84-39-27-30-45-94(84)115(95(85)59-72)92-43-28-25-37-82(92)83-38-26-29-44-93(83)115)103-66-79(114(16,17)18)67-104-105(103)116(97)96-53-48-71(73-57-76(111(7,8)9)61-77(58-73)112(10,11)12)60-101(96)119(104)106-88(69-33-21-19-22-34-69)64-78(113(13,14)15)65-89(106)70-35-23-20-24-36-70/h19-68H,1-18H3. The number of rotatable bonds is 7. The van der Waals surface area contributed by atoms with E-state index in [2.05, 4.69) is 442 Å². The summed E-state index contributed by atoms with van der Waals surface area (Å²) in [6.07, 6.45) is 0. The highest BCUT2D eigenvalue weighted by Gasteiger charge is 2.52. The molecule has 120 heavy (non-hydrogen) atoms. The first kappa shape index (κ1) is 75.5. The molecule has 0 bridgehead atoms. The van der Waals surface area contributed by atoms with E-state index in [0.717, 1.165) is 17.1 Å². The average molecular weight is 1570 g/mol. The molecule has 588 valence electrons. The molecular formula is C115H104BN3S. The first-order valence-electron chi connectivity index (χ1n) is 43.3. The summed E-state index contributed by atoms with van der Waals surface area (Å²) in [6.45, 7) is 42.4. The lowest BCUT2D eigenvalue weighted by molar-refractivity contribution is 0.569. The van der Waals surface area contributed by atoms with Crippen LogP contribution in [-0.4, -0.2) is 11.3 Å². The van der Waals surface area contributed by atoms with Crippen LogP contribution in [-0.2, 0) is 37.9 Å². The zero-order valence-electron chi connectivity index (χ0n) is 72.7. The summed E-state index contributed by atoms with van der Waals surface area (Å²) in [5.41, 5.74) is 41.2. The summed E-state index contributed by atoms with van der Waals surface area (Å²) < 4.78 is 5.11. The van der Waals surface area contributed by atoms with E-state index in [9.17, 15) is 0 Å². The van der Waals surface area contributed by atoms with Gasteiger partial charge >= 0.3 is 0 Å². The normalized spacial score (nSPS) is 14.1. The molecule has 2 aliphatic carbocycles. The Bertz CT molecular complexity index is 6930. The van der Waals surface area contributed by atoms with Crippen LogP contribution in [0.1, 0.15) is 180 Å². The summed E-state index contributed by atoms with van der Waals surface area (Å²) >= 11 is 1.96. The van der Waals surface area contributed by atoms with E-state index < -0.39 is 5.41 Å². The Kier molecular flexibility index (Phi) is 16.7. The van der Waals surface area contributed by atoms with Gasteiger partial charge in [0.2, 0.25) is 0 Å². The van der Waals surface area contributed by atoms with Gasteiger partial charge in [-0.3, -0.25) is 0 Å². The highest BCUT2D eigenvalue weighted by molar-refractivity contribution is 7.27. The van der Waals surface area contributed by atoms with Crippen LogP contribution >= 0.6 is 11.3 Å². The van der Waals surface area contributed by atoms with Crippen LogP contribution in [0, 0.1) is 0 Å². The maximum absolute atomic E-state index is 2.76. The molecule has 5 heteroatoms. The van der Waals surface area contributed by atoms with Crippen molar-refractivity contribution in [3.8, 4) is 72.4 Å². The van der Waals surface area contributed by atoms with Crippen LogP contribution in [0.4, 0.5) is 34.1 Å². The van der Waals surface area contributed by atoms with Crippen molar-refractivity contribution in [3.63, 3.8) is 0 Å². The highest BCUT2D eigenvalue weighted by Crippen LogP contribution is 2.64. The molecule has 15 aromatic carbocycles. The van der Waals surface area contributed by atoms with Gasteiger partial charge in [0.15, 0.2) is 0 Å². The predicted molar refractivity (Wildman–Crippen MR) is 518 cm³/mol. The van der Waals surface area contributed by atoms with Crippen molar-refractivity contribution in [2.45, 2.75) is 163 Å². The minimum atomic E-state index is -0.478. The topological polar surface area (TPSA) is 11.4 Å². The van der Waals surface area contributed by atoms with Crippen molar-refractivity contribution >= 4 is 111 Å². The van der Waals surface area contributed by atoms with Gasteiger partial charge in [0.1, 0.15) is 0 Å². The van der Waals surface area contributed by atoms with Crippen LogP contribution in [0.3, 0.4) is 0 Å². The third kappa shape index (κ3) is 11.6. The molecule has 2 aliphatic heterocycles. The molecule has 2 aromatic heterocycles. The lowest BCUT2D eigenvalue weighted by Gasteiger charge is -2.46. The third-order valence-electron chi connectivity index (χ3n) is 27.1. The van der Waals surface area contributed by atoms with Crippen molar-refractivity contribution in [1.29, 1.82) is 0 Å². The second-order valence-corrected chi connectivity index (χ2v) is 41.9. The largest absolute Gasteiger partial charge is 0.310 e. The molecule has 0 amide bonds. The number of nitrogens with zero attached hydrogens (tertiary/aromatic N) is 3. The average Bonchev–Trinajstić information content (AvgIpc) is 1.50. The molecule has 21 rings (SSSR count). The maximum atomic E-state index is 2.76. The van der Waals surface area contributed by atoms with E-state index in [1.807, 2.05) is 11.3 Å². The van der Waals surface area contributed by atoms with Gasteiger partial charge in [0, 0.05) is 65.8 Å². The molecular weight excluding hydrogens is 1470 g/mol. The van der Waals surface area contributed by atoms with E-state index in [4.69, 9.17) is 0 Å². The van der Waals surface area contributed by atoms with Crippen LogP contribution in [0.2, 0.25) is 0 Å². The second-order valence-electron chi connectivity index (χ2n) is 40.9. The first-order valence-corrected chi connectivity index (χ1v) is 44.1. The summed E-state index contributed by atoms with van der Waals surface area (Å²) in [5.74, 6) is 0. The number of thiophene rings is 1. The monoisotopic (exact) mass is 1570 g/mol. The SMILES string of the molecule is CC(C)(C)c1cc(-c2ccc3c(c2)N(c2c(-c4ccccc4)cc(C(C)(C)C)cc2-c2ccccc2)c2cc(C(C)(C)C)cc4c2B3c2ccc(-n3c5ccc(C(C)(C)C)cc5c5cc(C(C)(C)C)ccc53)cc2N4c2cccc3c2sc2c(-c4ccc5c(c4)C4(c6ccccc6-c6ccccc64)c4ccccc4-5)cccc23)cc(C(C)(C)C)c1. The lowest BCUT2D eigenvalue weighted by Crippen LogP contribution is -2.61. The van der Waals surface area contributed by atoms with Crippen LogP contribution in [0.25, 0.3) is 114 Å². The van der Waals surface area contributed by atoms with Crippen LogP contribution < -0.4 is 26.2 Å². The molecule has 4 aliphatic rings. The number of fused-ring (bicyclic) bond motifs is 20. The van der Waals surface area contributed by atoms with Gasteiger partial charge in [-0.25, -0.2) is 0 Å². The summed E-state index contributed by atoms with van der Waals surface area (Å²) in [7, 11) is 0. The molecule has 0 atom stereocenters. The molecule has 4 heterocycles. The zero-order chi connectivity index (χ0) is 83.0. The van der Waals surface area contributed by atoms with Gasteiger partial charge in [0.05, 0.1) is 32.5 Å². The Morgan fingerprint density at radius 2 is 0.683 bits per heavy atom. The van der Waals surface area contributed by atoms with Crippen LogP contribution in [0.5, 0.6) is 0 Å². The fourth-order valence-corrected chi connectivity index (χ4v) is 21.9. The number of anilines is 6. The third-order valence-corrected chi connectivity index (χ3v) is 28.4. The van der Waals surface area contributed by atoms with Gasteiger partial charge in [-0.05, 0) is 239 Å². The van der Waals surface area contributed by atoms with Gasteiger partial charge in [-0.15, -0.1) is 11.3 Å². The molecule has 3 nitrogen and oxygen atoms in total. The second kappa shape index (κ2) is 26.5. The van der Waals surface area contributed by atoms with Gasteiger partial charge in [0.25, 0.3) is 6.71 Å². The Hall–Kier alpha value is -12.0. The fraction of sp³-hybridized carbons (Fsp3) is 0.217. The zero-order valence-corrected chi connectivity index (χ0v) is 73.5. The number of aromatic nitrogens is 1. The lowest BCUT2D eigenvalue weighted by atomic mass is 9.33. The summed E-state index contributed by atoms with van der Waals surface area (Å²) in [5, 5.41) is 5.05. The fourth-order valence-electron chi connectivity index (χ4n) is 20.6. The van der Waals surface area contributed by atoms with E-state index >= 15 is 0 Å². The molecule has 0 unspecified atom stereocenters. The molecule has 0 radical (unpaired) electrons. The molecule has 1 spiro atoms. The van der Waals surface area contributed by atoms with Gasteiger partial charge in [-0.1, -0.05) is 349 Å². The smallest absolute Gasteiger partial charge is 0.252 e. The molecule has 0 saturated carbocycles. The minimum Gasteiger partial charge on any atom is -0.310 e. The van der Waals surface area contributed by atoms with Crippen molar-refractivity contribution in [2.24, 2.45) is 0 Å². The van der Waals surface area contributed by atoms with Crippen molar-refractivity contribution in [3.05, 3.63) is 359 Å². The van der Waals surface area contributed by atoms with Gasteiger partial charge < -0.3 is 14.4 Å². The maximum Gasteiger partial charge on any atom is 0.252 e. The highest BCUT2D eigenvalue weighted by atomic mass is 32.1.